The lowest BCUT2D eigenvalue weighted by Crippen LogP contribution is -2.05. The molecule has 0 aliphatic rings. The van der Waals surface area contributed by atoms with Crippen molar-refractivity contribution in [1.82, 2.24) is 29.3 Å². The fraction of sp³-hybridized carbons (Fsp3) is 0.136. The van der Waals surface area contributed by atoms with E-state index >= 15 is 0 Å². The molecule has 7 nitrogen and oxygen atoms in total. The van der Waals surface area contributed by atoms with Crippen LogP contribution < -0.4 is 0 Å². The van der Waals surface area contributed by atoms with Crippen LogP contribution in [0.15, 0.2) is 61.3 Å². The number of fused-ring (bicyclic) bond motifs is 2. The van der Waals surface area contributed by atoms with Gasteiger partial charge < -0.3 is 4.57 Å². The SMILES string of the molecule is Cn1cc(-c2ccc3cnc(CC(=O)c4ccc5c(c4)ncn5C)cc3n2)cn1. The summed E-state index contributed by atoms with van der Waals surface area (Å²) >= 11 is 0. The zero-order valence-electron chi connectivity index (χ0n) is 16.1. The van der Waals surface area contributed by atoms with Gasteiger partial charge in [0.1, 0.15) is 0 Å². The molecule has 4 heterocycles. The van der Waals surface area contributed by atoms with Crippen LogP contribution in [-0.2, 0) is 20.5 Å². The Morgan fingerprint density at radius 2 is 1.90 bits per heavy atom. The fourth-order valence-electron chi connectivity index (χ4n) is 3.45. The predicted molar refractivity (Wildman–Crippen MR) is 110 cm³/mol. The number of imidazole rings is 1. The van der Waals surface area contributed by atoms with Gasteiger partial charge in [-0.15, -0.1) is 0 Å². The van der Waals surface area contributed by atoms with Crippen molar-refractivity contribution < 1.29 is 4.79 Å². The van der Waals surface area contributed by atoms with E-state index < -0.39 is 0 Å². The molecule has 0 saturated carbocycles. The van der Waals surface area contributed by atoms with Crippen molar-refractivity contribution in [1.29, 1.82) is 0 Å². The highest BCUT2D eigenvalue weighted by Crippen LogP contribution is 2.21. The maximum absolute atomic E-state index is 12.8. The molecule has 0 aliphatic carbocycles. The summed E-state index contributed by atoms with van der Waals surface area (Å²) in [4.78, 5) is 26.3. The molecule has 0 N–H and O–H groups in total. The Balaban J connectivity index is 1.45. The monoisotopic (exact) mass is 382 g/mol. The molecule has 0 saturated heterocycles. The molecule has 5 aromatic rings. The zero-order chi connectivity index (χ0) is 20.0. The summed E-state index contributed by atoms with van der Waals surface area (Å²) in [7, 11) is 3.81. The van der Waals surface area contributed by atoms with Crippen molar-refractivity contribution in [3.05, 3.63) is 72.6 Å². The molecule has 0 bridgehead atoms. The number of ketones is 1. The van der Waals surface area contributed by atoms with E-state index in [-0.39, 0.29) is 12.2 Å². The molecule has 0 atom stereocenters. The van der Waals surface area contributed by atoms with Crippen LogP contribution in [0.1, 0.15) is 16.1 Å². The minimum atomic E-state index is 0.00724. The van der Waals surface area contributed by atoms with Crippen molar-refractivity contribution in [3.8, 4) is 11.3 Å². The van der Waals surface area contributed by atoms with Crippen LogP contribution in [0.2, 0.25) is 0 Å². The van der Waals surface area contributed by atoms with Gasteiger partial charge >= 0.3 is 0 Å². The first-order valence-corrected chi connectivity index (χ1v) is 9.26. The largest absolute Gasteiger partial charge is 0.334 e. The van der Waals surface area contributed by atoms with Crippen LogP contribution in [0.3, 0.4) is 0 Å². The van der Waals surface area contributed by atoms with E-state index in [1.54, 1.807) is 23.4 Å². The fourth-order valence-corrected chi connectivity index (χ4v) is 3.45. The van der Waals surface area contributed by atoms with Crippen LogP contribution in [0.25, 0.3) is 33.2 Å². The van der Waals surface area contributed by atoms with Crippen LogP contribution in [0.5, 0.6) is 0 Å². The predicted octanol–water partition coefficient (Wildman–Crippen LogP) is 3.34. The van der Waals surface area contributed by atoms with Crippen LogP contribution in [0.4, 0.5) is 0 Å². The topological polar surface area (TPSA) is 78.5 Å². The Kier molecular flexibility index (Phi) is 3.94. The number of rotatable bonds is 4. The van der Waals surface area contributed by atoms with Crippen molar-refractivity contribution in [2.45, 2.75) is 6.42 Å². The molecule has 5 rings (SSSR count). The third-order valence-electron chi connectivity index (χ3n) is 5.02. The van der Waals surface area contributed by atoms with Gasteiger partial charge in [0.25, 0.3) is 0 Å². The van der Waals surface area contributed by atoms with Crippen LogP contribution in [-0.4, -0.2) is 35.1 Å². The third-order valence-corrected chi connectivity index (χ3v) is 5.02. The highest BCUT2D eigenvalue weighted by atomic mass is 16.1. The van der Waals surface area contributed by atoms with Gasteiger partial charge in [0.2, 0.25) is 0 Å². The maximum atomic E-state index is 12.8. The molecule has 4 aromatic heterocycles. The Hall–Kier alpha value is -3.87. The lowest BCUT2D eigenvalue weighted by Gasteiger charge is -2.05. The minimum Gasteiger partial charge on any atom is -0.334 e. The second-order valence-electron chi connectivity index (χ2n) is 7.13. The molecule has 0 fully saturated rings. The molecule has 7 heteroatoms. The van der Waals surface area contributed by atoms with E-state index in [4.69, 9.17) is 4.98 Å². The molecular formula is C22H18N6O. The van der Waals surface area contributed by atoms with Gasteiger partial charge in [-0.25, -0.2) is 9.97 Å². The summed E-state index contributed by atoms with van der Waals surface area (Å²) in [5.41, 5.74) is 5.74. The zero-order valence-corrected chi connectivity index (χ0v) is 16.1. The summed E-state index contributed by atoms with van der Waals surface area (Å²) in [5.74, 6) is 0.00724. The van der Waals surface area contributed by atoms with Crippen molar-refractivity contribution in [3.63, 3.8) is 0 Å². The van der Waals surface area contributed by atoms with Crippen LogP contribution in [0, 0.1) is 0 Å². The Morgan fingerprint density at radius 1 is 1.00 bits per heavy atom. The lowest BCUT2D eigenvalue weighted by molar-refractivity contribution is 0.0992. The smallest absolute Gasteiger partial charge is 0.168 e. The highest BCUT2D eigenvalue weighted by molar-refractivity contribution is 6.00. The van der Waals surface area contributed by atoms with E-state index in [1.165, 1.54) is 0 Å². The number of pyridine rings is 2. The van der Waals surface area contributed by atoms with E-state index in [9.17, 15) is 4.79 Å². The number of carbonyl (C=O) groups excluding carboxylic acids is 1. The summed E-state index contributed by atoms with van der Waals surface area (Å²) in [6, 6.07) is 11.4. The van der Waals surface area contributed by atoms with E-state index in [1.807, 2.05) is 61.3 Å². The normalized spacial score (nSPS) is 11.4. The highest BCUT2D eigenvalue weighted by Gasteiger charge is 2.12. The van der Waals surface area contributed by atoms with Gasteiger partial charge in [0.15, 0.2) is 5.78 Å². The molecular weight excluding hydrogens is 364 g/mol. The number of hydrogen-bond acceptors (Lipinski definition) is 5. The Labute approximate surface area is 166 Å². The van der Waals surface area contributed by atoms with Gasteiger partial charge in [0, 0.05) is 43.0 Å². The molecule has 0 radical (unpaired) electrons. The number of nitrogens with zero attached hydrogens (tertiary/aromatic N) is 6. The molecule has 0 unspecified atom stereocenters. The molecule has 0 amide bonds. The van der Waals surface area contributed by atoms with Crippen LogP contribution >= 0.6 is 0 Å². The van der Waals surface area contributed by atoms with Crippen molar-refractivity contribution in [2.24, 2.45) is 14.1 Å². The Bertz CT molecular complexity index is 1380. The van der Waals surface area contributed by atoms with Gasteiger partial charge in [-0.05, 0) is 36.4 Å². The average Bonchev–Trinajstić information content (AvgIpc) is 3.33. The molecule has 142 valence electrons. The Morgan fingerprint density at radius 3 is 2.72 bits per heavy atom. The third kappa shape index (κ3) is 3.16. The average molecular weight is 382 g/mol. The van der Waals surface area contributed by atoms with Gasteiger partial charge in [-0.2, -0.15) is 5.10 Å². The van der Waals surface area contributed by atoms with E-state index in [0.717, 1.165) is 33.2 Å². The van der Waals surface area contributed by atoms with Gasteiger partial charge in [-0.1, -0.05) is 0 Å². The van der Waals surface area contributed by atoms with E-state index in [0.29, 0.717) is 11.3 Å². The number of aryl methyl sites for hydroxylation is 2. The number of aromatic nitrogens is 6. The second kappa shape index (κ2) is 6.63. The molecule has 1 aromatic carbocycles. The molecule has 0 aliphatic heterocycles. The number of benzene rings is 1. The van der Waals surface area contributed by atoms with Gasteiger partial charge in [0.05, 0.1) is 46.9 Å². The summed E-state index contributed by atoms with van der Waals surface area (Å²) in [5, 5.41) is 5.13. The van der Waals surface area contributed by atoms with Gasteiger partial charge in [-0.3, -0.25) is 14.5 Å². The number of hydrogen-bond donors (Lipinski definition) is 0. The number of Topliss-reactive ketones (excluding diaryl/α,β-unsaturated/α-hetero) is 1. The summed E-state index contributed by atoms with van der Waals surface area (Å²) in [6.07, 6.45) is 7.43. The summed E-state index contributed by atoms with van der Waals surface area (Å²) < 4.78 is 3.68. The maximum Gasteiger partial charge on any atom is 0.168 e. The standard InChI is InChI=1S/C22H18N6O/c1-27-13-24-20-7-14(4-6-21(20)27)22(29)9-17-8-19-15(10-23-17)3-5-18(26-19)16-11-25-28(2)12-16/h3-8,10-13H,9H2,1-2H3. The quantitative estimate of drug-likeness (QED) is 0.446. The first kappa shape index (κ1) is 17.2. The minimum absolute atomic E-state index is 0.00724. The molecule has 0 spiro atoms. The number of carbonyl (C=O) groups is 1. The lowest BCUT2D eigenvalue weighted by atomic mass is 10.0. The molecule has 29 heavy (non-hydrogen) atoms. The second-order valence-corrected chi connectivity index (χ2v) is 7.13. The van der Waals surface area contributed by atoms with Crippen molar-refractivity contribution >= 4 is 27.7 Å². The van der Waals surface area contributed by atoms with Crippen molar-refractivity contribution in [2.75, 3.05) is 0 Å². The van der Waals surface area contributed by atoms with E-state index in [2.05, 4.69) is 15.1 Å². The summed E-state index contributed by atoms with van der Waals surface area (Å²) in [6.45, 7) is 0. The first-order valence-electron chi connectivity index (χ1n) is 9.26. The first-order chi connectivity index (χ1) is 14.1.